The average Bonchev–Trinajstić information content (AvgIpc) is 2.14. The van der Waals surface area contributed by atoms with Gasteiger partial charge in [0.2, 0.25) is 0 Å². The Morgan fingerprint density at radius 3 is 2.41 bits per heavy atom. The van der Waals surface area contributed by atoms with Crippen LogP contribution in [0.5, 0.6) is 0 Å². The molecule has 2 N–H and O–H groups in total. The number of aliphatic hydroxyl groups is 1. The van der Waals surface area contributed by atoms with Gasteiger partial charge in [0, 0.05) is 24.1 Å². The second kappa shape index (κ2) is 3.81. The molecule has 2 atom stereocenters. The molecule has 2 rings (SSSR count). The van der Waals surface area contributed by atoms with Crippen molar-refractivity contribution in [1.29, 1.82) is 0 Å². The molecule has 1 fully saturated rings. The summed E-state index contributed by atoms with van der Waals surface area (Å²) in [5.41, 5.74) is -1.41. The molecule has 1 aromatic heterocycles. The molecule has 0 saturated carbocycles. The normalized spacial score (nSPS) is 32.0. The van der Waals surface area contributed by atoms with E-state index in [0.29, 0.717) is 6.42 Å². The van der Waals surface area contributed by atoms with Crippen LogP contribution in [0.1, 0.15) is 33.2 Å². The molecule has 17 heavy (non-hydrogen) atoms. The van der Waals surface area contributed by atoms with E-state index < -0.39 is 11.6 Å². The Morgan fingerprint density at radius 1 is 1.29 bits per heavy atom. The first-order valence-electron chi connectivity index (χ1n) is 5.82. The number of amides is 1. The Morgan fingerprint density at radius 2 is 1.88 bits per heavy atom. The minimum Gasteiger partial charge on any atom is -0.383 e. The van der Waals surface area contributed by atoms with E-state index in [4.69, 9.17) is 0 Å². The van der Waals surface area contributed by atoms with Crippen LogP contribution in [0.25, 0.3) is 0 Å². The second-order valence-electron chi connectivity index (χ2n) is 5.63. The van der Waals surface area contributed by atoms with Gasteiger partial charge in [0.15, 0.2) is 12.4 Å². The van der Waals surface area contributed by atoms with Crippen molar-refractivity contribution in [3.8, 4) is 0 Å². The van der Waals surface area contributed by atoms with Crippen molar-refractivity contribution in [3.63, 3.8) is 0 Å². The molecule has 1 aliphatic rings. The Balaban J connectivity index is 2.38. The molecule has 4 heteroatoms. The van der Waals surface area contributed by atoms with Crippen molar-refractivity contribution in [3.05, 3.63) is 30.6 Å². The number of carbonyl (C=O) groups is 1. The van der Waals surface area contributed by atoms with Gasteiger partial charge >= 0.3 is 0 Å². The lowest BCUT2D eigenvalue weighted by Gasteiger charge is -2.41. The fraction of sp³-hybridized carbons (Fsp3) is 0.538. The van der Waals surface area contributed by atoms with Crippen LogP contribution in [0.4, 0.5) is 0 Å². The standard InChI is InChI=1S/C13H18N2O2/c1-12(2)9-13(3,17)10(11(16)14-12)15-7-5-4-6-8-15/h4-8,10,17H,9H2,1-3H3/p+1/t10-,13+/m0/s1. The van der Waals surface area contributed by atoms with E-state index in [0.717, 1.165) is 0 Å². The van der Waals surface area contributed by atoms with Crippen LogP contribution in [-0.2, 0) is 4.79 Å². The maximum Gasteiger partial charge on any atom is 0.292 e. The van der Waals surface area contributed by atoms with Gasteiger partial charge in [-0.1, -0.05) is 6.07 Å². The van der Waals surface area contributed by atoms with Gasteiger partial charge in [0.05, 0.1) is 0 Å². The number of hydrogen-bond acceptors (Lipinski definition) is 2. The van der Waals surface area contributed by atoms with Crippen LogP contribution in [0, 0.1) is 0 Å². The molecule has 1 amide bonds. The third kappa shape index (κ3) is 2.31. The highest BCUT2D eigenvalue weighted by atomic mass is 16.3. The van der Waals surface area contributed by atoms with Crippen LogP contribution in [0.15, 0.2) is 30.6 Å². The van der Waals surface area contributed by atoms with Gasteiger partial charge in [-0.2, -0.15) is 4.57 Å². The maximum absolute atomic E-state index is 12.1. The molecular formula is C13H19N2O2+. The Kier molecular flexibility index (Phi) is 2.70. The van der Waals surface area contributed by atoms with E-state index >= 15 is 0 Å². The second-order valence-corrected chi connectivity index (χ2v) is 5.63. The summed E-state index contributed by atoms with van der Waals surface area (Å²) in [7, 11) is 0. The zero-order valence-electron chi connectivity index (χ0n) is 10.5. The highest BCUT2D eigenvalue weighted by Crippen LogP contribution is 2.32. The number of pyridine rings is 1. The fourth-order valence-corrected chi connectivity index (χ4v) is 2.76. The monoisotopic (exact) mass is 235 g/mol. The summed E-state index contributed by atoms with van der Waals surface area (Å²) >= 11 is 0. The molecule has 0 unspecified atom stereocenters. The number of rotatable bonds is 1. The summed E-state index contributed by atoms with van der Waals surface area (Å²) < 4.78 is 1.75. The van der Waals surface area contributed by atoms with Crippen molar-refractivity contribution in [2.45, 2.75) is 44.4 Å². The molecule has 0 aromatic carbocycles. The van der Waals surface area contributed by atoms with Gasteiger partial charge < -0.3 is 10.4 Å². The predicted molar refractivity (Wildman–Crippen MR) is 63.1 cm³/mol. The molecular weight excluding hydrogens is 216 g/mol. The molecule has 1 aliphatic heterocycles. The quantitative estimate of drug-likeness (QED) is 0.699. The molecule has 92 valence electrons. The van der Waals surface area contributed by atoms with Crippen LogP contribution in [0.2, 0.25) is 0 Å². The molecule has 1 saturated heterocycles. The molecule has 0 radical (unpaired) electrons. The van der Waals surface area contributed by atoms with Crippen molar-refractivity contribution >= 4 is 5.91 Å². The molecule has 0 spiro atoms. The topological polar surface area (TPSA) is 53.2 Å². The lowest BCUT2D eigenvalue weighted by molar-refractivity contribution is -0.724. The lowest BCUT2D eigenvalue weighted by atomic mass is 9.78. The smallest absolute Gasteiger partial charge is 0.292 e. The third-order valence-electron chi connectivity index (χ3n) is 3.14. The van der Waals surface area contributed by atoms with Crippen LogP contribution < -0.4 is 9.88 Å². The summed E-state index contributed by atoms with van der Waals surface area (Å²) in [5.74, 6) is -0.137. The van der Waals surface area contributed by atoms with Crippen molar-refractivity contribution in [2.75, 3.05) is 0 Å². The largest absolute Gasteiger partial charge is 0.383 e. The number of hydrogen-bond donors (Lipinski definition) is 2. The summed E-state index contributed by atoms with van der Waals surface area (Å²) in [6, 6.07) is 5.01. The molecule has 0 aliphatic carbocycles. The number of nitrogens with one attached hydrogen (secondary N) is 1. The summed E-state index contributed by atoms with van der Waals surface area (Å²) in [6.45, 7) is 5.56. The van der Waals surface area contributed by atoms with E-state index in [1.165, 1.54) is 0 Å². The highest BCUT2D eigenvalue weighted by molar-refractivity contribution is 5.81. The third-order valence-corrected chi connectivity index (χ3v) is 3.14. The zero-order chi connectivity index (χ0) is 12.7. The minimum absolute atomic E-state index is 0.137. The van der Waals surface area contributed by atoms with Crippen molar-refractivity contribution < 1.29 is 14.5 Å². The Bertz CT molecular complexity index is 426. The maximum atomic E-state index is 12.1. The van der Waals surface area contributed by atoms with Gasteiger partial charge in [-0.3, -0.25) is 4.79 Å². The first-order valence-corrected chi connectivity index (χ1v) is 5.82. The van der Waals surface area contributed by atoms with Gasteiger partial charge in [0.1, 0.15) is 5.60 Å². The first kappa shape index (κ1) is 12.0. The van der Waals surface area contributed by atoms with Gasteiger partial charge in [-0.05, 0) is 20.8 Å². The van der Waals surface area contributed by atoms with Gasteiger partial charge in [0.25, 0.3) is 11.9 Å². The Hall–Kier alpha value is -1.42. The Labute approximate surface area is 101 Å². The molecule has 0 bridgehead atoms. The zero-order valence-corrected chi connectivity index (χ0v) is 10.5. The van der Waals surface area contributed by atoms with E-state index in [1.807, 2.05) is 32.0 Å². The van der Waals surface area contributed by atoms with E-state index in [-0.39, 0.29) is 11.4 Å². The van der Waals surface area contributed by atoms with Crippen molar-refractivity contribution in [2.24, 2.45) is 0 Å². The minimum atomic E-state index is -1.04. The van der Waals surface area contributed by atoms with E-state index in [2.05, 4.69) is 5.32 Å². The van der Waals surface area contributed by atoms with Gasteiger partial charge in [-0.15, -0.1) is 0 Å². The van der Waals surface area contributed by atoms with Crippen molar-refractivity contribution in [1.82, 2.24) is 5.32 Å². The van der Waals surface area contributed by atoms with E-state index in [1.54, 1.807) is 23.9 Å². The fourth-order valence-electron chi connectivity index (χ4n) is 2.76. The molecule has 1 aromatic rings. The van der Waals surface area contributed by atoms with Crippen LogP contribution in [0.3, 0.4) is 0 Å². The first-order chi connectivity index (χ1) is 7.82. The number of aromatic nitrogens is 1. The van der Waals surface area contributed by atoms with Crippen LogP contribution in [-0.4, -0.2) is 22.2 Å². The summed E-state index contributed by atoms with van der Waals surface area (Å²) in [4.78, 5) is 12.1. The number of nitrogens with zero attached hydrogens (tertiary/aromatic N) is 1. The van der Waals surface area contributed by atoms with Gasteiger partial charge in [-0.25, -0.2) is 0 Å². The van der Waals surface area contributed by atoms with E-state index in [9.17, 15) is 9.90 Å². The number of carbonyl (C=O) groups excluding carboxylic acids is 1. The molecule has 4 nitrogen and oxygen atoms in total. The summed E-state index contributed by atoms with van der Waals surface area (Å²) in [5, 5.41) is 13.5. The summed E-state index contributed by atoms with van der Waals surface area (Å²) in [6.07, 6.45) is 4.13. The van der Waals surface area contributed by atoms with Crippen LogP contribution >= 0.6 is 0 Å². The SMILES string of the molecule is CC1(C)C[C@@](C)(O)[C@@H]([n+]2ccccc2)C(=O)N1. The molecule has 2 heterocycles. The highest BCUT2D eigenvalue weighted by Gasteiger charge is 2.52. The average molecular weight is 235 g/mol. The predicted octanol–water partition coefficient (Wildman–Crippen LogP) is 0.565. The number of piperidine rings is 1. The lowest BCUT2D eigenvalue weighted by Crippen LogP contribution is -2.67.